The molecular weight excluding hydrogens is 441 g/mol. The second kappa shape index (κ2) is 9.29. The number of sulfonamides is 1. The molecule has 0 spiro atoms. The number of alkyl halides is 3. The fraction of sp³-hybridized carbons (Fsp3) is 0.250. The van der Waals surface area contributed by atoms with Crippen molar-refractivity contribution in [1.82, 2.24) is 10.0 Å². The number of rotatable bonds is 8. The van der Waals surface area contributed by atoms with E-state index in [9.17, 15) is 31.2 Å². The van der Waals surface area contributed by atoms with Crippen LogP contribution >= 0.6 is 11.6 Å². The lowest BCUT2D eigenvalue weighted by Crippen LogP contribution is -2.34. The topological polar surface area (TPSA) is 115 Å². The molecule has 1 aromatic carbocycles. The zero-order valence-electron chi connectivity index (χ0n) is 14.5. The summed E-state index contributed by atoms with van der Waals surface area (Å²) in [5, 5.41) is 1.93. The minimum atomic E-state index is -4.78. The van der Waals surface area contributed by atoms with Gasteiger partial charge in [-0.25, -0.2) is 8.42 Å². The highest BCUT2D eigenvalue weighted by atomic mass is 35.5. The van der Waals surface area contributed by atoms with Crippen LogP contribution in [0.15, 0.2) is 45.9 Å². The molecule has 0 saturated carbocycles. The summed E-state index contributed by atoms with van der Waals surface area (Å²) in [5.74, 6) is -1.32. The number of nitrogens with one attached hydrogen (secondary N) is 2. The second-order valence-electron chi connectivity index (χ2n) is 5.48. The van der Waals surface area contributed by atoms with Crippen LogP contribution in [0.4, 0.5) is 13.2 Å². The van der Waals surface area contributed by atoms with Crippen molar-refractivity contribution in [2.45, 2.75) is 17.6 Å². The third-order valence-electron chi connectivity index (χ3n) is 3.36. The Balaban J connectivity index is 1.88. The first-order valence-corrected chi connectivity index (χ1v) is 9.66. The maximum absolute atomic E-state index is 12.8. The van der Waals surface area contributed by atoms with Crippen LogP contribution in [0.2, 0.25) is 5.02 Å². The Labute approximate surface area is 168 Å². The molecule has 0 fully saturated rings. The first kappa shape index (κ1) is 22.7. The van der Waals surface area contributed by atoms with Crippen LogP contribution in [0.3, 0.4) is 0 Å². The number of esters is 1. The Bertz CT molecular complexity index is 977. The number of hydrogen-bond acceptors (Lipinski definition) is 6. The maximum Gasteiger partial charge on any atom is 0.416 e. The van der Waals surface area contributed by atoms with Crippen molar-refractivity contribution in [3.8, 4) is 0 Å². The largest absolute Gasteiger partial charge is 0.467 e. The van der Waals surface area contributed by atoms with E-state index in [0.717, 1.165) is 6.07 Å². The van der Waals surface area contributed by atoms with E-state index in [4.69, 9.17) is 16.0 Å². The number of halogens is 4. The fourth-order valence-electron chi connectivity index (χ4n) is 1.96. The van der Waals surface area contributed by atoms with E-state index in [1.807, 2.05) is 0 Å². The summed E-state index contributed by atoms with van der Waals surface area (Å²) in [6, 6.07) is 4.97. The molecule has 8 nitrogen and oxygen atoms in total. The highest BCUT2D eigenvalue weighted by Gasteiger charge is 2.32. The van der Waals surface area contributed by atoms with Crippen LogP contribution in [0, 0.1) is 0 Å². The van der Waals surface area contributed by atoms with Gasteiger partial charge in [0, 0.05) is 0 Å². The predicted molar refractivity (Wildman–Crippen MR) is 93.2 cm³/mol. The van der Waals surface area contributed by atoms with Crippen molar-refractivity contribution < 1.29 is 40.3 Å². The molecule has 0 aliphatic carbocycles. The minimum Gasteiger partial charge on any atom is -0.467 e. The SMILES string of the molecule is O=C(COC(=O)CNS(=O)(=O)c1cc(C(F)(F)F)ccc1Cl)NCc1ccco1. The lowest BCUT2D eigenvalue weighted by atomic mass is 10.2. The number of ether oxygens (including phenoxy) is 1. The van der Waals surface area contributed by atoms with Gasteiger partial charge >= 0.3 is 12.1 Å². The normalized spacial score (nSPS) is 11.9. The molecule has 0 unspecified atom stereocenters. The summed E-state index contributed by atoms with van der Waals surface area (Å²) in [6.07, 6.45) is -3.37. The number of carbonyl (C=O) groups excluding carboxylic acids is 2. The molecule has 1 aromatic heterocycles. The molecule has 13 heteroatoms. The zero-order chi connectivity index (χ0) is 21.7. The number of amides is 1. The van der Waals surface area contributed by atoms with Gasteiger partial charge in [0.05, 0.1) is 23.4 Å². The molecule has 158 valence electrons. The standard InChI is InChI=1S/C16H14ClF3N2O6S/c17-12-4-3-10(16(18,19)20)6-13(12)29(25,26)22-8-15(24)28-9-14(23)21-7-11-2-1-5-27-11/h1-6,22H,7-9H2,(H,21,23). The molecule has 2 rings (SSSR count). The molecule has 2 aromatic rings. The van der Waals surface area contributed by atoms with Gasteiger partial charge < -0.3 is 14.5 Å². The van der Waals surface area contributed by atoms with Gasteiger partial charge in [-0.1, -0.05) is 11.6 Å². The zero-order valence-corrected chi connectivity index (χ0v) is 16.0. The molecule has 0 aliphatic rings. The monoisotopic (exact) mass is 454 g/mol. The molecular formula is C16H14ClF3N2O6S. The van der Waals surface area contributed by atoms with Crippen LogP contribution in [-0.4, -0.2) is 33.4 Å². The maximum atomic E-state index is 12.8. The van der Waals surface area contributed by atoms with Crippen molar-refractivity contribution in [3.05, 3.63) is 52.9 Å². The lowest BCUT2D eigenvalue weighted by molar-refractivity contribution is -0.147. The van der Waals surface area contributed by atoms with Gasteiger partial charge in [-0.3, -0.25) is 9.59 Å². The number of carbonyl (C=O) groups is 2. The van der Waals surface area contributed by atoms with Crippen LogP contribution < -0.4 is 10.0 Å². The Kier molecular flexibility index (Phi) is 7.27. The molecule has 0 radical (unpaired) electrons. The molecule has 2 N–H and O–H groups in total. The van der Waals surface area contributed by atoms with Crippen LogP contribution in [0.25, 0.3) is 0 Å². The minimum absolute atomic E-state index is 0.0596. The number of hydrogen-bond donors (Lipinski definition) is 2. The molecule has 0 atom stereocenters. The highest BCUT2D eigenvalue weighted by molar-refractivity contribution is 7.89. The quantitative estimate of drug-likeness (QED) is 0.590. The van der Waals surface area contributed by atoms with Crippen molar-refractivity contribution in [2.24, 2.45) is 0 Å². The number of benzene rings is 1. The summed E-state index contributed by atoms with van der Waals surface area (Å²) in [6.45, 7) is -1.55. The van der Waals surface area contributed by atoms with Gasteiger partial charge in [-0.05, 0) is 30.3 Å². The summed E-state index contributed by atoms with van der Waals surface area (Å²) in [7, 11) is -4.54. The predicted octanol–water partition coefficient (Wildman–Crippen LogP) is 2.09. The van der Waals surface area contributed by atoms with Crippen molar-refractivity contribution >= 4 is 33.5 Å². The summed E-state index contributed by atoms with van der Waals surface area (Å²) in [5.41, 5.74) is -1.22. The van der Waals surface area contributed by atoms with E-state index < -0.39 is 56.7 Å². The van der Waals surface area contributed by atoms with Crippen LogP contribution in [-0.2, 0) is 37.1 Å². The molecule has 29 heavy (non-hydrogen) atoms. The molecule has 1 heterocycles. The van der Waals surface area contributed by atoms with E-state index in [1.165, 1.54) is 6.26 Å². The first-order chi connectivity index (χ1) is 13.5. The first-order valence-electron chi connectivity index (χ1n) is 7.80. The Morgan fingerprint density at radius 1 is 1.21 bits per heavy atom. The van der Waals surface area contributed by atoms with E-state index in [1.54, 1.807) is 16.9 Å². The van der Waals surface area contributed by atoms with Gasteiger partial charge in [-0.2, -0.15) is 17.9 Å². The van der Waals surface area contributed by atoms with Crippen molar-refractivity contribution in [1.29, 1.82) is 0 Å². The average molecular weight is 455 g/mol. The van der Waals surface area contributed by atoms with E-state index in [2.05, 4.69) is 10.1 Å². The van der Waals surface area contributed by atoms with Crippen LogP contribution in [0.5, 0.6) is 0 Å². The van der Waals surface area contributed by atoms with E-state index in [-0.39, 0.29) is 6.54 Å². The molecule has 0 saturated heterocycles. The Morgan fingerprint density at radius 3 is 2.55 bits per heavy atom. The average Bonchev–Trinajstić information content (AvgIpc) is 3.16. The van der Waals surface area contributed by atoms with E-state index >= 15 is 0 Å². The van der Waals surface area contributed by atoms with Gasteiger partial charge in [0.1, 0.15) is 17.2 Å². The highest BCUT2D eigenvalue weighted by Crippen LogP contribution is 2.33. The molecule has 0 bridgehead atoms. The van der Waals surface area contributed by atoms with Gasteiger partial charge in [-0.15, -0.1) is 0 Å². The van der Waals surface area contributed by atoms with Gasteiger partial charge in [0.15, 0.2) is 6.61 Å². The smallest absolute Gasteiger partial charge is 0.416 e. The van der Waals surface area contributed by atoms with E-state index in [0.29, 0.717) is 17.9 Å². The third kappa shape index (κ3) is 6.76. The van der Waals surface area contributed by atoms with Gasteiger partial charge in [0.25, 0.3) is 5.91 Å². The number of furan rings is 1. The van der Waals surface area contributed by atoms with Gasteiger partial charge in [0.2, 0.25) is 10.0 Å². The summed E-state index contributed by atoms with van der Waals surface area (Å²) >= 11 is 5.66. The molecule has 0 aliphatic heterocycles. The summed E-state index contributed by atoms with van der Waals surface area (Å²) in [4.78, 5) is 22.3. The second-order valence-corrected chi connectivity index (χ2v) is 7.63. The fourth-order valence-corrected chi connectivity index (χ4v) is 3.46. The van der Waals surface area contributed by atoms with Crippen LogP contribution in [0.1, 0.15) is 11.3 Å². The lowest BCUT2D eigenvalue weighted by Gasteiger charge is -2.12. The Hall–Kier alpha value is -2.57. The molecule has 1 amide bonds. The van der Waals surface area contributed by atoms with Crippen molar-refractivity contribution in [2.75, 3.05) is 13.2 Å². The Morgan fingerprint density at radius 2 is 1.93 bits per heavy atom. The summed E-state index contributed by atoms with van der Waals surface area (Å²) < 4.78 is 73.9. The van der Waals surface area contributed by atoms with Crippen molar-refractivity contribution in [3.63, 3.8) is 0 Å². The third-order valence-corrected chi connectivity index (χ3v) is 5.24.